The number of aldehydes is 1. The summed E-state index contributed by atoms with van der Waals surface area (Å²) in [6, 6.07) is 5.12. The third-order valence-electron chi connectivity index (χ3n) is 2.85. The van der Waals surface area contributed by atoms with Crippen LogP contribution < -0.4 is 4.90 Å². The smallest absolute Gasteiger partial charge is 0.265 e. The van der Waals surface area contributed by atoms with Gasteiger partial charge >= 0.3 is 0 Å². The first kappa shape index (κ1) is 12.5. The molecular formula is C12H12BrF2NO. The van der Waals surface area contributed by atoms with Crippen molar-refractivity contribution in [3.63, 3.8) is 0 Å². The number of halogens is 3. The molecule has 0 radical (unpaired) electrons. The molecule has 1 fully saturated rings. The van der Waals surface area contributed by atoms with Crippen LogP contribution in [0, 0.1) is 0 Å². The Hall–Kier alpha value is -0.970. The molecule has 1 saturated heterocycles. The molecule has 0 aliphatic carbocycles. The molecule has 1 aromatic carbocycles. The molecule has 0 N–H and O–H groups in total. The lowest BCUT2D eigenvalue weighted by Crippen LogP contribution is -2.43. The van der Waals surface area contributed by atoms with Crippen molar-refractivity contribution in [2.75, 3.05) is 18.0 Å². The van der Waals surface area contributed by atoms with Crippen LogP contribution in [0.25, 0.3) is 0 Å². The Labute approximate surface area is 107 Å². The van der Waals surface area contributed by atoms with Crippen LogP contribution in [0.5, 0.6) is 0 Å². The second-order valence-corrected chi connectivity index (χ2v) is 5.03. The molecule has 0 bridgehead atoms. The second-order valence-electron chi connectivity index (χ2n) is 4.18. The molecule has 5 heteroatoms. The Morgan fingerprint density at radius 2 is 2.18 bits per heavy atom. The first-order valence-corrected chi connectivity index (χ1v) is 6.19. The topological polar surface area (TPSA) is 20.3 Å². The number of alkyl halides is 2. The molecule has 2 rings (SSSR count). The maximum atomic E-state index is 13.4. The monoisotopic (exact) mass is 303 g/mol. The molecule has 1 aliphatic rings. The minimum absolute atomic E-state index is 0.0790. The molecule has 0 unspecified atom stereocenters. The Kier molecular flexibility index (Phi) is 3.47. The maximum absolute atomic E-state index is 13.4. The molecule has 1 heterocycles. The average Bonchev–Trinajstić information content (AvgIpc) is 2.27. The molecule has 0 saturated carbocycles. The molecule has 1 aliphatic heterocycles. The van der Waals surface area contributed by atoms with Crippen LogP contribution in [0.3, 0.4) is 0 Å². The fraction of sp³-hybridized carbons (Fsp3) is 0.417. The lowest BCUT2D eigenvalue weighted by Gasteiger charge is -2.35. The van der Waals surface area contributed by atoms with E-state index in [0.717, 1.165) is 0 Å². The molecule has 0 amide bonds. The summed E-state index contributed by atoms with van der Waals surface area (Å²) in [5, 5.41) is 0. The molecule has 2 nitrogen and oxygen atoms in total. The number of carbonyl (C=O) groups is 1. The van der Waals surface area contributed by atoms with Gasteiger partial charge in [-0.2, -0.15) is 0 Å². The Morgan fingerprint density at radius 3 is 2.82 bits per heavy atom. The molecule has 17 heavy (non-hydrogen) atoms. The standard InChI is InChI=1S/C12H12BrF2NO/c13-10-4-1-3-9(7-17)11(10)16-6-2-5-12(14,15)8-16/h1,3-4,7H,2,5-6,8H2. The fourth-order valence-electron chi connectivity index (χ4n) is 2.12. The van der Waals surface area contributed by atoms with E-state index in [1.54, 1.807) is 23.1 Å². The van der Waals surface area contributed by atoms with E-state index in [-0.39, 0.29) is 13.0 Å². The van der Waals surface area contributed by atoms with Gasteiger partial charge in [0.05, 0.1) is 12.2 Å². The number of hydrogen-bond donors (Lipinski definition) is 0. The van der Waals surface area contributed by atoms with Gasteiger partial charge < -0.3 is 4.90 Å². The largest absolute Gasteiger partial charge is 0.364 e. The van der Waals surface area contributed by atoms with Gasteiger partial charge in [-0.05, 0) is 34.5 Å². The zero-order chi connectivity index (χ0) is 12.5. The average molecular weight is 304 g/mol. The van der Waals surface area contributed by atoms with Crippen molar-refractivity contribution in [2.24, 2.45) is 0 Å². The Balaban J connectivity index is 2.36. The van der Waals surface area contributed by atoms with Crippen LogP contribution in [0.1, 0.15) is 23.2 Å². The lowest BCUT2D eigenvalue weighted by molar-refractivity contribution is -0.0117. The Morgan fingerprint density at radius 1 is 1.41 bits per heavy atom. The minimum Gasteiger partial charge on any atom is -0.364 e. The van der Waals surface area contributed by atoms with E-state index < -0.39 is 5.92 Å². The molecular weight excluding hydrogens is 292 g/mol. The van der Waals surface area contributed by atoms with Crippen LogP contribution in [-0.2, 0) is 0 Å². The van der Waals surface area contributed by atoms with Gasteiger partial charge in [-0.1, -0.05) is 6.07 Å². The predicted octanol–water partition coefficient (Wildman–Crippen LogP) is 3.50. The van der Waals surface area contributed by atoms with E-state index in [9.17, 15) is 13.6 Å². The SMILES string of the molecule is O=Cc1cccc(Br)c1N1CCCC(F)(F)C1. The fourth-order valence-corrected chi connectivity index (χ4v) is 2.75. The van der Waals surface area contributed by atoms with E-state index in [1.165, 1.54) is 0 Å². The first-order chi connectivity index (χ1) is 8.03. The number of benzene rings is 1. The van der Waals surface area contributed by atoms with Crippen LogP contribution in [-0.4, -0.2) is 25.3 Å². The van der Waals surface area contributed by atoms with Crippen molar-refractivity contribution in [1.29, 1.82) is 0 Å². The highest BCUT2D eigenvalue weighted by atomic mass is 79.9. The van der Waals surface area contributed by atoms with Gasteiger partial charge in [0.2, 0.25) is 0 Å². The second kappa shape index (κ2) is 4.72. The van der Waals surface area contributed by atoms with Crippen LogP contribution in [0.15, 0.2) is 22.7 Å². The Bertz CT molecular complexity index is 437. The van der Waals surface area contributed by atoms with Gasteiger partial charge in [-0.15, -0.1) is 0 Å². The summed E-state index contributed by atoms with van der Waals surface area (Å²) in [5.74, 6) is -2.67. The minimum atomic E-state index is -2.67. The molecule has 0 aromatic heterocycles. The van der Waals surface area contributed by atoms with Gasteiger partial charge in [0, 0.05) is 23.0 Å². The molecule has 1 aromatic rings. The number of para-hydroxylation sites is 1. The van der Waals surface area contributed by atoms with E-state index in [2.05, 4.69) is 15.9 Å². The third kappa shape index (κ3) is 2.65. The summed E-state index contributed by atoms with van der Waals surface area (Å²) >= 11 is 3.32. The van der Waals surface area contributed by atoms with E-state index >= 15 is 0 Å². The highest BCUT2D eigenvalue weighted by Crippen LogP contribution is 2.35. The number of hydrogen-bond acceptors (Lipinski definition) is 2. The number of carbonyl (C=O) groups excluding carboxylic acids is 1. The zero-order valence-electron chi connectivity index (χ0n) is 9.13. The zero-order valence-corrected chi connectivity index (χ0v) is 10.7. The number of anilines is 1. The van der Waals surface area contributed by atoms with Crippen molar-refractivity contribution in [2.45, 2.75) is 18.8 Å². The van der Waals surface area contributed by atoms with E-state index in [0.29, 0.717) is 35.0 Å². The number of nitrogens with zero attached hydrogens (tertiary/aromatic N) is 1. The number of rotatable bonds is 2. The maximum Gasteiger partial charge on any atom is 0.265 e. The van der Waals surface area contributed by atoms with E-state index in [1.807, 2.05) is 0 Å². The molecule has 0 atom stereocenters. The predicted molar refractivity (Wildman–Crippen MR) is 65.9 cm³/mol. The van der Waals surface area contributed by atoms with Crippen molar-refractivity contribution in [3.8, 4) is 0 Å². The summed E-state index contributed by atoms with van der Waals surface area (Å²) < 4.78 is 27.4. The van der Waals surface area contributed by atoms with Gasteiger partial charge in [0.25, 0.3) is 5.92 Å². The lowest BCUT2D eigenvalue weighted by atomic mass is 10.0. The molecule has 0 spiro atoms. The highest BCUT2D eigenvalue weighted by molar-refractivity contribution is 9.10. The third-order valence-corrected chi connectivity index (χ3v) is 3.49. The normalized spacial score (nSPS) is 19.1. The van der Waals surface area contributed by atoms with Crippen molar-refractivity contribution in [1.82, 2.24) is 0 Å². The summed E-state index contributed by atoms with van der Waals surface area (Å²) in [6.45, 7) is 0.232. The van der Waals surface area contributed by atoms with Gasteiger partial charge in [-0.3, -0.25) is 4.79 Å². The summed E-state index contributed by atoms with van der Waals surface area (Å²) in [5.41, 5.74) is 1.01. The van der Waals surface area contributed by atoms with Gasteiger partial charge in [0.15, 0.2) is 6.29 Å². The first-order valence-electron chi connectivity index (χ1n) is 5.40. The van der Waals surface area contributed by atoms with Crippen LogP contribution in [0.4, 0.5) is 14.5 Å². The van der Waals surface area contributed by atoms with Crippen molar-refractivity contribution in [3.05, 3.63) is 28.2 Å². The van der Waals surface area contributed by atoms with Crippen LogP contribution >= 0.6 is 15.9 Å². The number of piperidine rings is 1. The van der Waals surface area contributed by atoms with Gasteiger partial charge in [-0.25, -0.2) is 8.78 Å². The van der Waals surface area contributed by atoms with Gasteiger partial charge in [0.1, 0.15) is 0 Å². The summed E-state index contributed by atoms with van der Waals surface area (Å²) in [4.78, 5) is 12.5. The highest BCUT2D eigenvalue weighted by Gasteiger charge is 2.36. The van der Waals surface area contributed by atoms with Crippen LogP contribution in [0.2, 0.25) is 0 Å². The summed E-state index contributed by atoms with van der Waals surface area (Å²) in [7, 11) is 0. The quantitative estimate of drug-likeness (QED) is 0.780. The summed E-state index contributed by atoms with van der Waals surface area (Å²) in [6.07, 6.45) is 1.06. The molecule has 92 valence electrons. The van der Waals surface area contributed by atoms with E-state index in [4.69, 9.17) is 0 Å². The van der Waals surface area contributed by atoms with Crippen molar-refractivity contribution < 1.29 is 13.6 Å². The van der Waals surface area contributed by atoms with Crippen molar-refractivity contribution >= 4 is 27.9 Å².